The van der Waals surface area contributed by atoms with Crippen molar-refractivity contribution in [2.45, 2.75) is 83.2 Å². The summed E-state index contributed by atoms with van der Waals surface area (Å²) in [6, 6.07) is 0. The Bertz CT molecular complexity index is 695. The Kier molecular flexibility index (Phi) is 6.27. The SMILES string of the molecule is CC1C2CC(OCC3COC(=O)O3)CCC2C1(C)C1CCC(OCC2COC(=O)O2)CC1. The van der Waals surface area contributed by atoms with E-state index in [0.29, 0.717) is 37.8 Å². The van der Waals surface area contributed by atoms with Crippen LogP contribution in [0.3, 0.4) is 0 Å². The second-order valence-electron chi connectivity index (χ2n) is 10.6. The maximum absolute atomic E-state index is 11.1. The minimum atomic E-state index is -0.583. The molecule has 3 saturated carbocycles. The zero-order chi connectivity index (χ0) is 22.3. The maximum Gasteiger partial charge on any atom is 0.508 e. The van der Waals surface area contributed by atoms with Gasteiger partial charge in [0, 0.05) is 0 Å². The quantitative estimate of drug-likeness (QED) is 0.534. The van der Waals surface area contributed by atoms with Crippen LogP contribution in [-0.4, -0.2) is 63.2 Å². The summed E-state index contributed by atoms with van der Waals surface area (Å²) >= 11 is 0. The lowest BCUT2D eigenvalue weighted by Gasteiger charge is -2.66. The minimum Gasteiger partial charge on any atom is -0.430 e. The Labute approximate surface area is 189 Å². The van der Waals surface area contributed by atoms with Crippen molar-refractivity contribution in [1.29, 1.82) is 0 Å². The number of hydrogen-bond donors (Lipinski definition) is 0. The third-order valence-electron chi connectivity index (χ3n) is 9.16. The van der Waals surface area contributed by atoms with Crippen LogP contribution < -0.4 is 0 Å². The van der Waals surface area contributed by atoms with Gasteiger partial charge in [0.15, 0.2) is 12.2 Å². The number of rotatable bonds is 7. The van der Waals surface area contributed by atoms with Crippen LogP contribution in [0.25, 0.3) is 0 Å². The second kappa shape index (κ2) is 9.01. The van der Waals surface area contributed by atoms with Gasteiger partial charge in [0.25, 0.3) is 0 Å². The largest absolute Gasteiger partial charge is 0.508 e. The Balaban J connectivity index is 1.06. The van der Waals surface area contributed by atoms with Crippen molar-refractivity contribution in [3.63, 3.8) is 0 Å². The molecule has 0 aromatic heterocycles. The third kappa shape index (κ3) is 4.20. The molecule has 3 aliphatic carbocycles. The van der Waals surface area contributed by atoms with E-state index in [2.05, 4.69) is 13.8 Å². The summed E-state index contributed by atoms with van der Waals surface area (Å²) in [5.74, 6) is 2.96. The van der Waals surface area contributed by atoms with Gasteiger partial charge in [-0.2, -0.15) is 0 Å². The molecule has 7 unspecified atom stereocenters. The molecule has 5 aliphatic rings. The fourth-order valence-electron chi connectivity index (χ4n) is 7.23. The average molecular weight is 453 g/mol. The lowest BCUT2D eigenvalue weighted by Crippen LogP contribution is -2.60. The van der Waals surface area contributed by atoms with Crippen LogP contribution in [-0.2, 0) is 28.4 Å². The van der Waals surface area contributed by atoms with Crippen LogP contribution in [0, 0.1) is 29.1 Å². The molecule has 5 rings (SSSR count). The van der Waals surface area contributed by atoms with Crippen LogP contribution in [0.5, 0.6) is 0 Å². The van der Waals surface area contributed by atoms with Gasteiger partial charge in [-0.25, -0.2) is 9.59 Å². The summed E-state index contributed by atoms with van der Waals surface area (Å²) in [6.07, 6.45) is 6.87. The van der Waals surface area contributed by atoms with Crippen LogP contribution in [0.4, 0.5) is 9.59 Å². The third-order valence-corrected chi connectivity index (χ3v) is 9.16. The molecule has 2 aliphatic heterocycles. The molecule has 0 N–H and O–H groups in total. The van der Waals surface area contributed by atoms with E-state index in [1.165, 1.54) is 19.3 Å². The van der Waals surface area contributed by atoms with Gasteiger partial charge in [-0.05, 0) is 74.0 Å². The zero-order valence-corrected chi connectivity index (χ0v) is 19.2. The summed E-state index contributed by atoms with van der Waals surface area (Å²) in [5.41, 5.74) is 0.407. The molecule has 0 aromatic carbocycles. The van der Waals surface area contributed by atoms with Crippen molar-refractivity contribution in [2.24, 2.45) is 29.1 Å². The molecule has 0 radical (unpaired) electrons. The molecule has 5 fully saturated rings. The first-order valence-electron chi connectivity index (χ1n) is 12.3. The number of hydrogen-bond acceptors (Lipinski definition) is 8. The van der Waals surface area contributed by atoms with Gasteiger partial charge in [-0.3, -0.25) is 0 Å². The Morgan fingerprint density at radius 2 is 1.41 bits per heavy atom. The van der Waals surface area contributed by atoms with Crippen molar-refractivity contribution in [2.75, 3.05) is 26.4 Å². The summed E-state index contributed by atoms with van der Waals surface area (Å²) < 4.78 is 32.0. The minimum absolute atomic E-state index is 0.254. The van der Waals surface area contributed by atoms with Gasteiger partial charge in [0.05, 0.1) is 25.4 Å². The molecule has 2 saturated heterocycles. The van der Waals surface area contributed by atoms with Gasteiger partial charge in [0.2, 0.25) is 0 Å². The predicted octanol–water partition coefficient (Wildman–Crippen LogP) is 4.09. The van der Waals surface area contributed by atoms with Gasteiger partial charge in [-0.1, -0.05) is 13.8 Å². The molecule has 32 heavy (non-hydrogen) atoms. The molecule has 0 bridgehead atoms. The number of cyclic esters (lactones) is 4. The molecule has 7 atom stereocenters. The van der Waals surface area contributed by atoms with E-state index in [1.54, 1.807) is 0 Å². The van der Waals surface area contributed by atoms with Crippen molar-refractivity contribution in [3.05, 3.63) is 0 Å². The van der Waals surface area contributed by atoms with E-state index in [1.807, 2.05) is 0 Å². The van der Waals surface area contributed by atoms with Crippen LogP contribution >= 0.6 is 0 Å². The summed E-state index contributed by atoms with van der Waals surface area (Å²) in [5, 5.41) is 0. The van der Waals surface area contributed by atoms with E-state index < -0.39 is 12.3 Å². The van der Waals surface area contributed by atoms with E-state index in [4.69, 9.17) is 28.4 Å². The van der Waals surface area contributed by atoms with Crippen molar-refractivity contribution in [1.82, 2.24) is 0 Å². The first kappa shape index (κ1) is 22.3. The van der Waals surface area contributed by atoms with E-state index >= 15 is 0 Å². The monoisotopic (exact) mass is 452 g/mol. The van der Waals surface area contributed by atoms with E-state index in [-0.39, 0.29) is 24.4 Å². The highest BCUT2D eigenvalue weighted by atomic mass is 16.8. The molecule has 8 heteroatoms. The van der Waals surface area contributed by atoms with Crippen molar-refractivity contribution >= 4 is 12.3 Å². The Morgan fingerprint density at radius 1 is 0.844 bits per heavy atom. The molecular weight excluding hydrogens is 416 g/mol. The fourth-order valence-corrected chi connectivity index (χ4v) is 7.23. The lowest BCUT2D eigenvalue weighted by molar-refractivity contribution is -0.195. The highest BCUT2D eigenvalue weighted by molar-refractivity contribution is 5.62. The molecule has 0 spiro atoms. The number of ether oxygens (including phenoxy) is 6. The zero-order valence-electron chi connectivity index (χ0n) is 19.2. The first-order chi connectivity index (χ1) is 15.4. The van der Waals surface area contributed by atoms with Crippen LogP contribution in [0.15, 0.2) is 0 Å². The molecule has 2 heterocycles. The molecular formula is C24H36O8. The van der Waals surface area contributed by atoms with Crippen molar-refractivity contribution < 1.29 is 38.0 Å². The smallest absolute Gasteiger partial charge is 0.430 e. The molecule has 0 amide bonds. The highest BCUT2D eigenvalue weighted by Crippen LogP contribution is 2.66. The Hall–Kier alpha value is -1.54. The van der Waals surface area contributed by atoms with E-state index in [0.717, 1.165) is 43.4 Å². The summed E-state index contributed by atoms with van der Waals surface area (Å²) in [6.45, 7) is 6.45. The summed E-state index contributed by atoms with van der Waals surface area (Å²) in [4.78, 5) is 22.1. The number of carbonyl (C=O) groups is 2. The number of fused-ring (bicyclic) bond motifs is 1. The highest BCUT2D eigenvalue weighted by Gasteiger charge is 2.61. The van der Waals surface area contributed by atoms with Crippen LogP contribution in [0.2, 0.25) is 0 Å². The first-order valence-corrected chi connectivity index (χ1v) is 12.3. The van der Waals surface area contributed by atoms with Gasteiger partial charge < -0.3 is 28.4 Å². The van der Waals surface area contributed by atoms with E-state index in [9.17, 15) is 9.59 Å². The normalized spacial score (nSPS) is 45.8. The predicted molar refractivity (Wildman–Crippen MR) is 112 cm³/mol. The van der Waals surface area contributed by atoms with Gasteiger partial charge in [0.1, 0.15) is 13.2 Å². The maximum atomic E-state index is 11.1. The fraction of sp³-hybridized carbons (Fsp3) is 0.917. The van der Waals surface area contributed by atoms with Gasteiger partial charge >= 0.3 is 12.3 Å². The Morgan fingerprint density at radius 3 is 1.97 bits per heavy atom. The molecule has 8 nitrogen and oxygen atoms in total. The molecule has 180 valence electrons. The van der Waals surface area contributed by atoms with Gasteiger partial charge in [-0.15, -0.1) is 0 Å². The lowest BCUT2D eigenvalue weighted by atomic mass is 9.39. The van der Waals surface area contributed by atoms with Crippen molar-refractivity contribution in [3.8, 4) is 0 Å². The second-order valence-corrected chi connectivity index (χ2v) is 10.6. The summed E-state index contributed by atoms with van der Waals surface area (Å²) in [7, 11) is 0. The van der Waals surface area contributed by atoms with Crippen LogP contribution in [0.1, 0.15) is 58.8 Å². The topological polar surface area (TPSA) is 89.5 Å². The number of carbonyl (C=O) groups excluding carboxylic acids is 2. The molecule has 0 aromatic rings. The standard InChI is InChI=1S/C24H36O8/c1-14-20-9-17(28-11-19-13-30-23(26)32-19)7-8-21(20)24(14,2)15-3-5-16(6-4-15)27-10-18-12-29-22(25)31-18/h14-21H,3-13H2,1-2H3. The average Bonchev–Trinajstić information content (AvgIpc) is 3.43.